The molecule has 0 unspecified atom stereocenters. The van der Waals surface area contributed by atoms with Crippen LogP contribution in [0.15, 0.2) is 48.5 Å². The summed E-state index contributed by atoms with van der Waals surface area (Å²) in [7, 11) is 1.26. The highest BCUT2D eigenvalue weighted by atomic mass is 32.1. The van der Waals surface area contributed by atoms with E-state index in [1.807, 2.05) is 26.0 Å². The van der Waals surface area contributed by atoms with E-state index < -0.39 is 30.6 Å². The Hall–Kier alpha value is -3.33. The summed E-state index contributed by atoms with van der Waals surface area (Å²) < 4.78 is 50.2. The molecule has 0 radical (unpaired) electrons. The summed E-state index contributed by atoms with van der Waals surface area (Å²) in [5, 5.41) is 2.62. The summed E-state index contributed by atoms with van der Waals surface area (Å²) in [5.74, 6) is -0.399. The molecule has 3 rings (SSSR count). The third kappa shape index (κ3) is 8.58. The zero-order valence-corrected chi connectivity index (χ0v) is 24.5. The molecule has 1 N–H and O–H groups in total. The summed E-state index contributed by atoms with van der Waals surface area (Å²) in [5.41, 5.74) is 5.28. The van der Waals surface area contributed by atoms with E-state index in [0.717, 1.165) is 33.6 Å². The molecule has 2 aromatic carbocycles. The third-order valence-corrected chi connectivity index (χ3v) is 7.70. The average Bonchev–Trinajstić information content (AvgIpc) is 3.35. The Morgan fingerprint density at radius 1 is 0.975 bits per heavy atom. The van der Waals surface area contributed by atoms with Crippen LogP contribution in [0.25, 0.3) is 11.1 Å². The van der Waals surface area contributed by atoms with Gasteiger partial charge < -0.3 is 14.8 Å². The SMILES string of the molecule is COC(=O)CCNC(=O)c1ccc([C@@H](CCC(F)(F)F)Oc2cc(C)c(-c3ccc(C(C)(C)C)cc3)c(C)c2)s1. The molecular weight excluding hydrogens is 539 g/mol. The second-order valence-corrected chi connectivity index (χ2v) is 11.9. The van der Waals surface area contributed by atoms with Gasteiger partial charge in [-0.1, -0.05) is 45.0 Å². The standard InChI is InChI=1S/C31H36F3NO4S/c1-19-17-23(18-20(2)28(19)21-7-9-22(10-8-21)30(3,4)5)39-24(13-15-31(32,33)34)25-11-12-26(40-25)29(37)35-16-14-27(36)38-6/h7-12,17-18,24H,13-16H2,1-6H3,(H,35,37)/t24-/m1/s1. The molecule has 5 nitrogen and oxygen atoms in total. The van der Waals surface area contributed by atoms with Gasteiger partial charge in [0, 0.05) is 17.8 Å². The van der Waals surface area contributed by atoms with Crippen LogP contribution in [0, 0.1) is 13.8 Å². The highest BCUT2D eigenvalue weighted by Gasteiger charge is 2.30. The molecule has 3 aromatic rings. The maximum absolute atomic E-state index is 13.2. The molecule has 0 bridgehead atoms. The number of benzene rings is 2. The molecular formula is C31H36F3NO4S. The van der Waals surface area contributed by atoms with E-state index in [1.165, 1.54) is 12.7 Å². The highest BCUT2D eigenvalue weighted by molar-refractivity contribution is 7.14. The zero-order chi connectivity index (χ0) is 29.7. The van der Waals surface area contributed by atoms with Crippen molar-refractivity contribution in [3.63, 3.8) is 0 Å². The fourth-order valence-corrected chi connectivity index (χ4v) is 5.41. The number of thiophene rings is 1. The van der Waals surface area contributed by atoms with Gasteiger partial charge >= 0.3 is 12.1 Å². The van der Waals surface area contributed by atoms with Gasteiger partial charge in [-0.05, 0) is 77.8 Å². The molecule has 40 heavy (non-hydrogen) atoms. The first kappa shape index (κ1) is 31.2. The first-order chi connectivity index (χ1) is 18.7. The maximum atomic E-state index is 13.2. The number of ether oxygens (including phenoxy) is 2. The van der Waals surface area contributed by atoms with E-state index in [0.29, 0.717) is 15.5 Å². The summed E-state index contributed by atoms with van der Waals surface area (Å²) in [4.78, 5) is 24.6. The van der Waals surface area contributed by atoms with Gasteiger partial charge in [-0.2, -0.15) is 13.2 Å². The third-order valence-electron chi connectivity index (χ3n) is 6.52. The van der Waals surface area contributed by atoms with E-state index in [4.69, 9.17) is 4.74 Å². The number of hydrogen-bond acceptors (Lipinski definition) is 5. The number of carbonyl (C=O) groups excluding carboxylic acids is 2. The van der Waals surface area contributed by atoms with Crippen molar-refractivity contribution in [3.05, 3.63) is 75.0 Å². The molecule has 216 valence electrons. The van der Waals surface area contributed by atoms with Crippen LogP contribution in [0.4, 0.5) is 13.2 Å². The molecule has 0 saturated carbocycles. The number of rotatable bonds is 10. The van der Waals surface area contributed by atoms with Gasteiger partial charge in [0.05, 0.1) is 18.4 Å². The topological polar surface area (TPSA) is 64.6 Å². The molecule has 0 saturated heterocycles. The Labute approximate surface area is 237 Å². The zero-order valence-electron chi connectivity index (χ0n) is 23.7. The van der Waals surface area contributed by atoms with Crippen LogP contribution >= 0.6 is 11.3 Å². The Morgan fingerprint density at radius 2 is 1.60 bits per heavy atom. The van der Waals surface area contributed by atoms with Crippen LogP contribution in [0.3, 0.4) is 0 Å². The molecule has 0 aliphatic carbocycles. The van der Waals surface area contributed by atoms with Crippen molar-refractivity contribution in [2.75, 3.05) is 13.7 Å². The minimum atomic E-state index is -4.35. The van der Waals surface area contributed by atoms with Crippen LogP contribution in [-0.2, 0) is 14.9 Å². The number of methoxy groups -OCH3 is 1. The number of nitrogens with one attached hydrogen (secondary N) is 1. The molecule has 0 spiro atoms. The Bertz CT molecular complexity index is 1300. The number of hydrogen-bond donors (Lipinski definition) is 1. The summed E-state index contributed by atoms with van der Waals surface area (Å²) in [6.45, 7) is 10.5. The van der Waals surface area contributed by atoms with Crippen molar-refractivity contribution in [1.29, 1.82) is 0 Å². The van der Waals surface area contributed by atoms with Crippen molar-refractivity contribution in [2.45, 2.75) is 71.6 Å². The lowest BCUT2D eigenvalue weighted by atomic mass is 9.85. The molecule has 0 fully saturated rings. The number of carbonyl (C=O) groups is 2. The number of amides is 1. The predicted octanol–water partition coefficient (Wildman–Crippen LogP) is 8.08. The normalized spacial score (nSPS) is 12.6. The van der Waals surface area contributed by atoms with Crippen LogP contribution in [-0.4, -0.2) is 31.7 Å². The monoisotopic (exact) mass is 575 g/mol. The van der Waals surface area contributed by atoms with E-state index in [2.05, 4.69) is 55.1 Å². The van der Waals surface area contributed by atoms with Gasteiger partial charge in [0.1, 0.15) is 11.9 Å². The van der Waals surface area contributed by atoms with Gasteiger partial charge in [0.15, 0.2) is 0 Å². The maximum Gasteiger partial charge on any atom is 0.389 e. The van der Waals surface area contributed by atoms with Crippen LogP contribution in [0.1, 0.15) is 77.4 Å². The van der Waals surface area contributed by atoms with Gasteiger partial charge in [0.25, 0.3) is 5.91 Å². The molecule has 1 aromatic heterocycles. The highest BCUT2D eigenvalue weighted by Crippen LogP contribution is 2.37. The second-order valence-electron chi connectivity index (χ2n) is 10.8. The number of aryl methyl sites for hydroxylation is 2. The van der Waals surface area contributed by atoms with Gasteiger partial charge in [-0.3, -0.25) is 9.59 Å². The largest absolute Gasteiger partial charge is 0.485 e. The van der Waals surface area contributed by atoms with Crippen molar-refractivity contribution in [1.82, 2.24) is 5.32 Å². The number of halogens is 3. The fraction of sp³-hybridized carbons (Fsp3) is 0.419. The van der Waals surface area contributed by atoms with Crippen LogP contribution in [0.2, 0.25) is 0 Å². The van der Waals surface area contributed by atoms with Crippen molar-refractivity contribution in [2.24, 2.45) is 0 Å². The summed E-state index contributed by atoms with van der Waals surface area (Å²) >= 11 is 1.07. The molecule has 1 atom stereocenters. The molecule has 0 aliphatic rings. The number of alkyl halides is 3. The smallest absolute Gasteiger partial charge is 0.389 e. The van der Waals surface area contributed by atoms with Crippen LogP contribution in [0.5, 0.6) is 5.75 Å². The predicted molar refractivity (Wildman–Crippen MR) is 152 cm³/mol. The first-order valence-electron chi connectivity index (χ1n) is 13.1. The molecule has 1 heterocycles. The molecule has 1 amide bonds. The lowest BCUT2D eigenvalue weighted by Gasteiger charge is -2.22. The lowest BCUT2D eigenvalue weighted by Crippen LogP contribution is -2.25. The van der Waals surface area contributed by atoms with Crippen LogP contribution < -0.4 is 10.1 Å². The van der Waals surface area contributed by atoms with E-state index in [1.54, 1.807) is 12.1 Å². The molecule has 9 heteroatoms. The quantitative estimate of drug-likeness (QED) is 0.248. The lowest BCUT2D eigenvalue weighted by molar-refractivity contribution is -0.140. The first-order valence-corrected chi connectivity index (χ1v) is 13.9. The number of esters is 1. The van der Waals surface area contributed by atoms with Crippen molar-refractivity contribution >= 4 is 23.2 Å². The average molecular weight is 576 g/mol. The summed E-state index contributed by atoms with van der Waals surface area (Å²) in [6, 6.07) is 15.3. The van der Waals surface area contributed by atoms with E-state index in [9.17, 15) is 22.8 Å². The fourth-order valence-electron chi connectivity index (χ4n) is 4.42. The Kier molecular flexibility index (Phi) is 10.1. The van der Waals surface area contributed by atoms with Gasteiger partial charge in [-0.25, -0.2) is 0 Å². The Morgan fingerprint density at radius 3 is 2.15 bits per heavy atom. The van der Waals surface area contributed by atoms with Crippen molar-refractivity contribution in [3.8, 4) is 16.9 Å². The minimum Gasteiger partial charge on any atom is -0.485 e. The van der Waals surface area contributed by atoms with Gasteiger partial charge in [0.2, 0.25) is 0 Å². The van der Waals surface area contributed by atoms with Crippen molar-refractivity contribution < 1.29 is 32.2 Å². The molecule has 0 aliphatic heterocycles. The Balaban J connectivity index is 1.82. The van der Waals surface area contributed by atoms with E-state index in [-0.39, 0.29) is 24.8 Å². The van der Waals surface area contributed by atoms with E-state index >= 15 is 0 Å². The summed E-state index contributed by atoms with van der Waals surface area (Å²) in [6.07, 6.45) is -6.53. The second kappa shape index (κ2) is 12.9. The van der Waals surface area contributed by atoms with Gasteiger partial charge in [-0.15, -0.1) is 11.3 Å². The minimum absolute atomic E-state index is 0.0211.